The first-order valence-electron chi connectivity index (χ1n) is 11.9. The zero-order valence-corrected chi connectivity index (χ0v) is 19.1. The van der Waals surface area contributed by atoms with Gasteiger partial charge in [-0.25, -0.2) is 14.5 Å². The second-order valence-corrected chi connectivity index (χ2v) is 10.2. The molecule has 174 valence electrons. The number of benzene rings is 1. The van der Waals surface area contributed by atoms with Crippen LogP contribution < -0.4 is 4.90 Å². The van der Waals surface area contributed by atoms with Gasteiger partial charge in [-0.3, -0.25) is 5.10 Å². The fourth-order valence-electron chi connectivity index (χ4n) is 6.28. The number of H-pyrrole nitrogens is 1. The van der Waals surface area contributed by atoms with Crippen molar-refractivity contribution in [3.8, 4) is 0 Å². The molecule has 8 rings (SSSR count). The molecule has 1 saturated carbocycles. The quantitative estimate of drug-likeness (QED) is 0.475. The molecule has 3 aliphatic heterocycles. The largest absolute Gasteiger partial charge is 0.392 e. The van der Waals surface area contributed by atoms with E-state index < -0.39 is 5.60 Å². The number of rotatable bonds is 5. The molecule has 0 amide bonds. The van der Waals surface area contributed by atoms with Crippen LogP contribution >= 0.6 is 0 Å². The number of ether oxygens (including phenoxy) is 1. The van der Waals surface area contributed by atoms with Crippen molar-refractivity contribution in [2.24, 2.45) is 5.92 Å². The maximum absolute atomic E-state index is 10.2. The topological polar surface area (TPSA) is 104 Å². The number of pyridine rings is 1. The Bertz CT molecular complexity index is 1350. The highest BCUT2D eigenvalue weighted by molar-refractivity contribution is 5.59. The molecule has 1 aliphatic carbocycles. The molecular weight excluding hydrogens is 430 g/mol. The number of aliphatic hydroxyl groups is 1. The molecule has 3 aromatic heterocycles. The van der Waals surface area contributed by atoms with Gasteiger partial charge in [0.15, 0.2) is 11.5 Å². The van der Waals surface area contributed by atoms with Gasteiger partial charge in [-0.05, 0) is 30.4 Å². The summed E-state index contributed by atoms with van der Waals surface area (Å²) in [5.41, 5.74) is 3.37. The van der Waals surface area contributed by atoms with E-state index in [1.807, 2.05) is 10.7 Å². The molecule has 3 unspecified atom stereocenters. The van der Waals surface area contributed by atoms with Gasteiger partial charge in [-0.2, -0.15) is 5.10 Å². The number of aromatic amines is 1. The number of aromatic nitrogens is 6. The van der Waals surface area contributed by atoms with Crippen LogP contribution in [0.25, 0.3) is 5.65 Å². The Labute approximate surface area is 196 Å². The maximum Gasteiger partial charge on any atom is 0.184 e. The summed E-state index contributed by atoms with van der Waals surface area (Å²) in [5.74, 6) is 1.96. The lowest BCUT2D eigenvalue weighted by Crippen LogP contribution is -2.44. The SMILES string of the molecule is C[C@]1(c2ccccc2)CCN(c2cc(CO)c3nc(C45CC(CO4)C5c4ncn[nH]4)nn3c2)C1. The zero-order valence-electron chi connectivity index (χ0n) is 19.1. The van der Waals surface area contributed by atoms with Crippen molar-refractivity contribution in [2.45, 2.75) is 43.3 Å². The predicted octanol–water partition coefficient (Wildman–Crippen LogP) is 2.54. The van der Waals surface area contributed by atoms with Gasteiger partial charge in [0.2, 0.25) is 0 Å². The van der Waals surface area contributed by atoms with E-state index >= 15 is 0 Å². The van der Waals surface area contributed by atoms with E-state index in [9.17, 15) is 5.11 Å². The number of nitrogens with one attached hydrogen (secondary N) is 1. The average molecular weight is 458 g/mol. The van der Waals surface area contributed by atoms with Crippen molar-refractivity contribution < 1.29 is 9.84 Å². The van der Waals surface area contributed by atoms with Crippen LogP contribution in [-0.2, 0) is 22.4 Å². The van der Waals surface area contributed by atoms with Crippen LogP contribution in [0.15, 0.2) is 48.9 Å². The Morgan fingerprint density at radius 3 is 2.91 bits per heavy atom. The molecule has 0 radical (unpaired) electrons. The standard InChI is InChI=1S/C25H27N7O2/c1-24(18-5-3-2-4-6-18)7-8-31(14-24)19-9-16(12-33)22-28-23(30-32(22)11-19)25-10-17(13-34-25)20(25)21-26-15-27-29-21/h2-6,9,11,15,17,20,33H,7-8,10,12-14H2,1H3,(H,26,27,29)/t17?,20?,24-,25?/m0/s1. The second-order valence-electron chi connectivity index (χ2n) is 10.2. The summed E-state index contributed by atoms with van der Waals surface area (Å²) in [6.45, 7) is 4.77. The number of fused-ring (bicyclic) bond motifs is 2. The van der Waals surface area contributed by atoms with Gasteiger partial charge in [0, 0.05) is 24.1 Å². The lowest BCUT2D eigenvalue weighted by Gasteiger charge is -2.41. The molecule has 34 heavy (non-hydrogen) atoms. The summed E-state index contributed by atoms with van der Waals surface area (Å²) in [5, 5.41) is 22.1. The Balaban J connectivity index is 1.25. The first-order chi connectivity index (χ1) is 16.6. The van der Waals surface area contributed by atoms with Crippen LogP contribution in [0.1, 0.15) is 48.5 Å². The highest BCUT2D eigenvalue weighted by atomic mass is 16.5. The Morgan fingerprint density at radius 1 is 1.26 bits per heavy atom. The summed E-state index contributed by atoms with van der Waals surface area (Å²) in [4.78, 5) is 11.6. The minimum absolute atomic E-state index is 0.0784. The van der Waals surface area contributed by atoms with E-state index in [4.69, 9.17) is 14.8 Å². The lowest BCUT2D eigenvalue weighted by molar-refractivity contribution is -0.0344. The summed E-state index contributed by atoms with van der Waals surface area (Å²) >= 11 is 0. The summed E-state index contributed by atoms with van der Waals surface area (Å²) < 4.78 is 8.06. The van der Waals surface area contributed by atoms with Crippen LogP contribution in [-0.4, -0.2) is 54.6 Å². The molecule has 2 N–H and O–H groups in total. The number of nitrogens with zero attached hydrogens (tertiary/aromatic N) is 6. The molecular formula is C25H27N7O2. The molecule has 9 nitrogen and oxygen atoms in total. The van der Waals surface area contributed by atoms with E-state index in [2.05, 4.69) is 63.4 Å². The Kier molecular flexibility index (Phi) is 4.20. The fraction of sp³-hybridized carbons (Fsp3) is 0.440. The highest BCUT2D eigenvalue weighted by Gasteiger charge is 2.65. The molecule has 4 aromatic rings. The van der Waals surface area contributed by atoms with Crippen molar-refractivity contribution in [2.75, 3.05) is 24.6 Å². The van der Waals surface area contributed by atoms with Crippen molar-refractivity contribution in [3.63, 3.8) is 0 Å². The predicted molar refractivity (Wildman–Crippen MR) is 124 cm³/mol. The summed E-state index contributed by atoms with van der Waals surface area (Å²) in [6, 6.07) is 12.8. The first-order valence-corrected chi connectivity index (χ1v) is 11.9. The molecule has 2 bridgehead atoms. The number of hydrogen-bond donors (Lipinski definition) is 2. The summed E-state index contributed by atoms with van der Waals surface area (Å²) in [7, 11) is 0. The van der Waals surface area contributed by atoms with E-state index in [0.717, 1.165) is 43.0 Å². The minimum atomic E-state index is -0.581. The molecule has 4 atom stereocenters. The third kappa shape index (κ3) is 2.74. The molecule has 0 spiro atoms. The zero-order chi connectivity index (χ0) is 22.9. The van der Waals surface area contributed by atoms with Gasteiger partial charge in [-0.1, -0.05) is 37.3 Å². The van der Waals surface area contributed by atoms with Crippen molar-refractivity contribution in [1.82, 2.24) is 29.8 Å². The Morgan fingerprint density at radius 2 is 2.15 bits per heavy atom. The third-order valence-electron chi connectivity index (χ3n) is 8.18. The summed E-state index contributed by atoms with van der Waals surface area (Å²) in [6.07, 6.45) is 5.52. The first kappa shape index (κ1) is 20.1. The third-order valence-corrected chi connectivity index (χ3v) is 8.18. The van der Waals surface area contributed by atoms with Crippen molar-refractivity contribution in [3.05, 3.63) is 71.7 Å². The van der Waals surface area contributed by atoms with Gasteiger partial charge >= 0.3 is 0 Å². The number of anilines is 1. The molecule has 4 aliphatic rings. The van der Waals surface area contributed by atoms with Crippen LogP contribution in [0.3, 0.4) is 0 Å². The van der Waals surface area contributed by atoms with Crippen molar-refractivity contribution in [1.29, 1.82) is 0 Å². The van der Waals surface area contributed by atoms with Gasteiger partial charge in [0.25, 0.3) is 0 Å². The lowest BCUT2D eigenvalue weighted by atomic mass is 9.63. The van der Waals surface area contributed by atoms with E-state index in [1.54, 1.807) is 0 Å². The smallest absolute Gasteiger partial charge is 0.184 e. The van der Waals surface area contributed by atoms with E-state index in [1.165, 1.54) is 11.9 Å². The molecule has 6 heterocycles. The normalized spacial score (nSPS) is 30.2. The Hall–Kier alpha value is -3.30. The monoisotopic (exact) mass is 457 g/mol. The van der Waals surface area contributed by atoms with Crippen LogP contribution in [0.5, 0.6) is 0 Å². The molecule has 3 saturated heterocycles. The molecule has 4 fully saturated rings. The van der Waals surface area contributed by atoms with E-state index in [-0.39, 0.29) is 17.9 Å². The van der Waals surface area contributed by atoms with Gasteiger partial charge in [0.1, 0.15) is 17.8 Å². The van der Waals surface area contributed by atoms with Crippen LogP contribution in [0.2, 0.25) is 0 Å². The van der Waals surface area contributed by atoms with Crippen LogP contribution in [0.4, 0.5) is 5.69 Å². The second kappa shape index (κ2) is 7.10. The van der Waals surface area contributed by atoms with Gasteiger partial charge < -0.3 is 14.7 Å². The highest BCUT2D eigenvalue weighted by Crippen LogP contribution is 2.62. The molecule has 1 aromatic carbocycles. The van der Waals surface area contributed by atoms with Crippen molar-refractivity contribution >= 4 is 11.3 Å². The van der Waals surface area contributed by atoms with E-state index in [0.29, 0.717) is 24.0 Å². The number of hydrogen-bond acceptors (Lipinski definition) is 7. The maximum atomic E-state index is 10.2. The van der Waals surface area contributed by atoms with Crippen LogP contribution in [0, 0.1) is 5.92 Å². The minimum Gasteiger partial charge on any atom is -0.392 e. The average Bonchev–Trinajstić information content (AvgIpc) is 3.66. The van der Waals surface area contributed by atoms with Gasteiger partial charge in [-0.15, -0.1) is 5.10 Å². The fourth-order valence-corrected chi connectivity index (χ4v) is 6.28. The van der Waals surface area contributed by atoms with Gasteiger partial charge in [0.05, 0.1) is 31.0 Å². The number of aliphatic hydroxyl groups excluding tert-OH is 1. The molecule has 9 heteroatoms.